The van der Waals surface area contributed by atoms with Crippen molar-refractivity contribution < 1.29 is 18.9 Å². The summed E-state index contributed by atoms with van der Waals surface area (Å²) in [6.45, 7) is 11.5. The average Bonchev–Trinajstić information content (AvgIpc) is 3.22. The molecule has 6 heteroatoms. The molecule has 0 aliphatic rings. The van der Waals surface area contributed by atoms with Gasteiger partial charge in [-0.25, -0.2) is 4.98 Å². The van der Waals surface area contributed by atoms with Crippen LogP contribution < -0.4 is 24.3 Å². The first-order chi connectivity index (χ1) is 27.1. The molecule has 0 saturated heterocycles. The van der Waals surface area contributed by atoms with Gasteiger partial charge in [0.1, 0.15) is 23.0 Å². The standard InChI is InChI=1S/C49H62N2O4/c1-5-9-16-30-52-42-26-28-44(48(36-42)54-32-18-11-7-3)46-34-39(38-22-24-41(25-23-38)50-40-20-14-13-15-21-40)35-47(51-46)45-29-27-43(53-31-17-10-6-2)37-49(45)55-33-19-12-8-4/h13-15,20-29,34-37,50H,5-12,16-19,30-33H2,1-4H3. The van der Waals surface area contributed by atoms with Crippen LogP contribution in [0.1, 0.15) is 105 Å². The van der Waals surface area contributed by atoms with Crippen molar-refractivity contribution in [3.05, 3.63) is 103 Å². The van der Waals surface area contributed by atoms with E-state index in [0.717, 1.165) is 145 Å². The molecular formula is C49H62N2O4. The fourth-order valence-electron chi connectivity index (χ4n) is 6.41. The lowest BCUT2D eigenvalue weighted by Gasteiger charge is -2.18. The fourth-order valence-corrected chi connectivity index (χ4v) is 6.41. The Bertz CT molecular complexity index is 1750. The number of benzene rings is 4. The second-order valence-corrected chi connectivity index (χ2v) is 14.2. The molecule has 5 rings (SSSR count). The summed E-state index contributed by atoms with van der Waals surface area (Å²) in [4.78, 5) is 5.36. The molecule has 0 atom stereocenters. The lowest BCUT2D eigenvalue weighted by molar-refractivity contribution is 0.292. The highest BCUT2D eigenvalue weighted by Crippen LogP contribution is 2.40. The van der Waals surface area contributed by atoms with Gasteiger partial charge in [-0.3, -0.25) is 0 Å². The van der Waals surface area contributed by atoms with E-state index in [1.165, 1.54) is 0 Å². The number of hydrogen-bond acceptors (Lipinski definition) is 6. The highest BCUT2D eigenvalue weighted by Gasteiger charge is 2.17. The van der Waals surface area contributed by atoms with E-state index in [1.54, 1.807) is 0 Å². The number of nitrogens with one attached hydrogen (secondary N) is 1. The average molecular weight is 743 g/mol. The third kappa shape index (κ3) is 13.1. The number of ether oxygens (including phenoxy) is 4. The topological polar surface area (TPSA) is 61.8 Å². The van der Waals surface area contributed by atoms with Crippen molar-refractivity contribution in [1.82, 2.24) is 4.98 Å². The molecule has 0 aliphatic carbocycles. The molecule has 5 aromatic rings. The van der Waals surface area contributed by atoms with Gasteiger partial charge in [0.05, 0.1) is 37.8 Å². The maximum atomic E-state index is 6.53. The maximum Gasteiger partial charge on any atom is 0.132 e. The predicted molar refractivity (Wildman–Crippen MR) is 230 cm³/mol. The van der Waals surface area contributed by atoms with Crippen LogP contribution in [0, 0.1) is 0 Å². The Balaban J connectivity index is 1.57. The van der Waals surface area contributed by atoms with E-state index >= 15 is 0 Å². The number of rotatable bonds is 25. The van der Waals surface area contributed by atoms with Gasteiger partial charge < -0.3 is 24.3 Å². The normalized spacial score (nSPS) is 11.0. The maximum absolute atomic E-state index is 6.53. The van der Waals surface area contributed by atoms with E-state index in [2.05, 4.69) is 93.7 Å². The number of pyridine rings is 1. The lowest BCUT2D eigenvalue weighted by atomic mass is 9.99. The molecule has 4 aromatic carbocycles. The molecule has 0 saturated carbocycles. The van der Waals surface area contributed by atoms with Gasteiger partial charge in [0.2, 0.25) is 0 Å². The minimum Gasteiger partial charge on any atom is -0.493 e. The van der Waals surface area contributed by atoms with E-state index in [0.29, 0.717) is 26.4 Å². The number of aromatic nitrogens is 1. The largest absolute Gasteiger partial charge is 0.493 e. The molecule has 0 fully saturated rings. The third-order valence-electron chi connectivity index (χ3n) is 9.61. The molecule has 1 aromatic heterocycles. The molecule has 0 spiro atoms. The van der Waals surface area contributed by atoms with Gasteiger partial charge in [-0.05, 0) is 97.5 Å². The number of unbranched alkanes of at least 4 members (excludes halogenated alkanes) is 8. The van der Waals surface area contributed by atoms with Crippen LogP contribution >= 0.6 is 0 Å². The molecule has 292 valence electrons. The molecule has 55 heavy (non-hydrogen) atoms. The predicted octanol–water partition coefficient (Wildman–Crippen LogP) is 14.1. The van der Waals surface area contributed by atoms with E-state index in [4.69, 9.17) is 23.9 Å². The second kappa shape index (κ2) is 23.1. The molecule has 6 nitrogen and oxygen atoms in total. The van der Waals surface area contributed by atoms with Gasteiger partial charge in [-0.2, -0.15) is 0 Å². The lowest BCUT2D eigenvalue weighted by Crippen LogP contribution is -2.03. The molecule has 0 unspecified atom stereocenters. The van der Waals surface area contributed by atoms with E-state index in [1.807, 2.05) is 42.5 Å². The van der Waals surface area contributed by atoms with Crippen LogP contribution in [-0.4, -0.2) is 31.4 Å². The molecular weight excluding hydrogens is 681 g/mol. The van der Waals surface area contributed by atoms with Crippen LogP contribution in [0.2, 0.25) is 0 Å². The molecule has 0 amide bonds. The van der Waals surface area contributed by atoms with E-state index < -0.39 is 0 Å². The Morgan fingerprint density at radius 3 is 1.31 bits per heavy atom. The monoisotopic (exact) mass is 742 g/mol. The summed E-state index contributed by atoms with van der Waals surface area (Å²) in [6.07, 6.45) is 13.2. The Labute approximate surface area is 330 Å². The minimum absolute atomic E-state index is 0.637. The second-order valence-electron chi connectivity index (χ2n) is 14.2. The molecule has 0 aliphatic heterocycles. The Kier molecular flexibility index (Phi) is 17.3. The number of nitrogens with zero attached hydrogens (tertiary/aromatic N) is 1. The zero-order chi connectivity index (χ0) is 38.5. The summed E-state index contributed by atoms with van der Waals surface area (Å²) < 4.78 is 25.4. The summed E-state index contributed by atoms with van der Waals surface area (Å²) in [5.74, 6) is 3.21. The summed E-state index contributed by atoms with van der Waals surface area (Å²) in [5, 5.41) is 3.51. The van der Waals surface area contributed by atoms with Gasteiger partial charge in [0, 0.05) is 34.6 Å². The first kappa shape index (κ1) is 41.2. The molecule has 1 heterocycles. The summed E-state index contributed by atoms with van der Waals surface area (Å²) in [5.41, 5.74) is 7.76. The number of anilines is 2. The molecule has 1 N–H and O–H groups in total. The zero-order valence-electron chi connectivity index (χ0n) is 33.7. The van der Waals surface area contributed by atoms with Crippen molar-refractivity contribution in [2.24, 2.45) is 0 Å². The van der Waals surface area contributed by atoms with Crippen LogP contribution in [0.4, 0.5) is 11.4 Å². The van der Waals surface area contributed by atoms with Gasteiger partial charge in [-0.1, -0.05) is 109 Å². The van der Waals surface area contributed by atoms with Crippen molar-refractivity contribution in [2.45, 2.75) is 105 Å². The van der Waals surface area contributed by atoms with E-state index in [9.17, 15) is 0 Å². The Hall–Kier alpha value is -4.97. The number of hydrogen-bond donors (Lipinski definition) is 1. The first-order valence-corrected chi connectivity index (χ1v) is 20.9. The highest BCUT2D eigenvalue weighted by molar-refractivity contribution is 5.81. The quantitative estimate of drug-likeness (QED) is 0.0601. The summed E-state index contributed by atoms with van der Waals surface area (Å²) in [6, 6.07) is 35.5. The van der Waals surface area contributed by atoms with Crippen molar-refractivity contribution in [1.29, 1.82) is 0 Å². The van der Waals surface area contributed by atoms with Gasteiger partial charge in [0.25, 0.3) is 0 Å². The summed E-state index contributed by atoms with van der Waals surface area (Å²) in [7, 11) is 0. The summed E-state index contributed by atoms with van der Waals surface area (Å²) >= 11 is 0. The SMILES string of the molecule is CCCCCOc1ccc(-c2cc(-c3ccc(Nc4ccccc4)cc3)cc(-c3ccc(OCCCCC)cc3OCCCCC)n2)c(OCCCCC)c1. The minimum atomic E-state index is 0.637. The van der Waals surface area contributed by atoms with Crippen LogP contribution in [0.25, 0.3) is 33.6 Å². The van der Waals surface area contributed by atoms with Gasteiger partial charge >= 0.3 is 0 Å². The van der Waals surface area contributed by atoms with Crippen LogP contribution in [0.3, 0.4) is 0 Å². The zero-order valence-corrected chi connectivity index (χ0v) is 33.7. The van der Waals surface area contributed by atoms with Crippen LogP contribution in [-0.2, 0) is 0 Å². The van der Waals surface area contributed by atoms with E-state index in [-0.39, 0.29) is 0 Å². The van der Waals surface area contributed by atoms with Crippen molar-refractivity contribution >= 4 is 11.4 Å². The Morgan fingerprint density at radius 1 is 0.418 bits per heavy atom. The third-order valence-corrected chi connectivity index (χ3v) is 9.61. The smallest absolute Gasteiger partial charge is 0.132 e. The van der Waals surface area contributed by atoms with Gasteiger partial charge in [0.15, 0.2) is 0 Å². The molecule has 0 radical (unpaired) electrons. The highest BCUT2D eigenvalue weighted by atomic mass is 16.5. The van der Waals surface area contributed by atoms with Crippen LogP contribution in [0.5, 0.6) is 23.0 Å². The van der Waals surface area contributed by atoms with Crippen molar-refractivity contribution in [2.75, 3.05) is 31.7 Å². The van der Waals surface area contributed by atoms with Crippen LogP contribution in [0.15, 0.2) is 103 Å². The number of para-hydroxylation sites is 1. The Morgan fingerprint density at radius 2 is 0.855 bits per heavy atom. The fraction of sp³-hybridized carbons (Fsp3) is 0.408. The van der Waals surface area contributed by atoms with Crippen molar-refractivity contribution in [3.63, 3.8) is 0 Å². The van der Waals surface area contributed by atoms with Gasteiger partial charge in [-0.15, -0.1) is 0 Å². The van der Waals surface area contributed by atoms with Crippen molar-refractivity contribution in [3.8, 4) is 56.6 Å². The molecule has 0 bridgehead atoms. The first-order valence-electron chi connectivity index (χ1n) is 20.9.